The number of hydrogen-bond acceptors (Lipinski definition) is 2. The molecule has 1 aromatic carbocycles. The van der Waals surface area contributed by atoms with Crippen LogP contribution in [-0.4, -0.2) is 13.3 Å². The Balaban J connectivity index is 2.32. The molecule has 2 nitrogen and oxygen atoms in total. The average Bonchev–Trinajstić information content (AvgIpc) is 2.33. The van der Waals surface area contributed by atoms with Crippen LogP contribution in [0.5, 0.6) is 0 Å². The number of nitriles is 1. The molecule has 0 bridgehead atoms. The Hall–Kier alpha value is -1.41. The molecule has 1 aliphatic rings. The van der Waals surface area contributed by atoms with Crippen LogP contribution in [-0.2, 0) is 10.7 Å². The molecule has 0 fully saturated rings. The number of ether oxygens (including phenoxy) is 1. The van der Waals surface area contributed by atoms with Gasteiger partial charge in [-0.05, 0) is 11.9 Å². The summed E-state index contributed by atoms with van der Waals surface area (Å²) in [6.45, 7) is 0.950. The van der Waals surface area contributed by atoms with Gasteiger partial charge in [-0.3, -0.25) is 0 Å². The molecule has 1 aromatic rings. The van der Waals surface area contributed by atoms with E-state index in [9.17, 15) is 8.78 Å². The second kappa shape index (κ2) is 4.46. The maximum Gasteiger partial charge on any atom is 0.296 e. The van der Waals surface area contributed by atoms with Gasteiger partial charge < -0.3 is 4.74 Å². The van der Waals surface area contributed by atoms with Crippen molar-refractivity contribution in [2.24, 2.45) is 0 Å². The monoisotopic (exact) mass is 235 g/mol. The maximum atomic E-state index is 13.6. The van der Waals surface area contributed by atoms with Crippen LogP contribution in [0.25, 0.3) is 0 Å². The van der Waals surface area contributed by atoms with Gasteiger partial charge >= 0.3 is 0 Å². The quantitative estimate of drug-likeness (QED) is 0.738. The molecule has 17 heavy (non-hydrogen) atoms. The van der Waals surface area contributed by atoms with E-state index in [4.69, 9.17) is 10.00 Å². The predicted molar refractivity (Wildman–Crippen MR) is 61.1 cm³/mol. The number of rotatable bonds is 2. The molecule has 1 unspecified atom stereocenters. The lowest BCUT2D eigenvalue weighted by atomic mass is 9.49. The molecular weight excluding hydrogens is 223 g/mol. The second-order valence-electron chi connectivity index (χ2n) is 4.36. The lowest BCUT2D eigenvalue weighted by Crippen LogP contribution is -2.31. The second-order valence-corrected chi connectivity index (χ2v) is 4.36. The highest BCUT2D eigenvalue weighted by molar-refractivity contribution is 6.65. The Bertz CT molecular complexity index is 458. The van der Waals surface area contributed by atoms with Crippen molar-refractivity contribution in [3.8, 4) is 5.97 Å². The standard InChI is InChI=1S/C12H12BF2NO/c1-13(8-16)6-11-9-4-2-3-5-10(9)12(14,15)7-17-11/h2-5,11H,6-7H2,1H3. The molecule has 1 heterocycles. The van der Waals surface area contributed by atoms with E-state index in [2.05, 4.69) is 5.97 Å². The van der Waals surface area contributed by atoms with Crippen molar-refractivity contribution >= 4 is 6.71 Å². The highest BCUT2D eigenvalue weighted by Gasteiger charge is 2.41. The summed E-state index contributed by atoms with van der Waals surface area (Å²) in [5, 5.41) is 8.76. The average molecular weight is 235 g/mol. The molecule has 5 heteroatoms. The number of hydrogen-bond donors (Lipinski definition) is 0. The Labute approximate surface area is 99.3 Å². The SMILES string of the molecule is CB(C#N)CC1OCC(F)(F)c2ccccc21. The number of nitrogens with zero attached hydrogens (tertiary/aromatic N) is 1. The number of benzene rings is 1. The third kappa shape index (κ3) is 2.32. The highest BCUT2D eigenvalue weighted by atomic mass is 19.3. The summed E-state index contributed by atoms with van der Waals surface area (Å²) in [5.74, 6) is -0.831. The van der Waals surface area contributed by atoms with Crippen LogP contribution in [0.3, 0.4) is 0 Å². The summed E-state index contributed by atoms with van der Waals surface area (Å²) in [4.78, 5) is 0. The van der Waals surface area contributed by atoms with Crippen molar-refractivity contribution in [2.45, 2.75) is 25.2 Å². The summed E-state index contributed by atoms with van der Waals surface area (Å²) in [6.07, 6.45) is 0.0457. The van der Waals surface area contributed by atoms with E-state index in [1.54, 1.807) is 25.0 Å². The van der Waals surface area contributed by atoms with E-state index >= 15 is 0 Å². The molecule has 0 radical (unpaired) electrons. The smallest absolute Gasteiger partial charge is 0.296 e. The van der Waals surface area contributed by atoms with E-state index in [1.807, 2.05) is 0 Å². The molecule has 0 aliphatic carbocycles. The van der Waals surface area contributed by atoms with Gasteiger partial charge in [0.15, 0.2) is 0 Å². The molecular formula is C12H12BF2NO. The molecule has 0 amide bonds. The number of fused-ring (bicyclic) bond motifs is 1. The lowest BCUT2D eigenvalue weighted by Gasteiger charge is -2.31. The lowest BCUT2D eigenvalue weighted by molar-refractivity contribution is -0.120. The first-order valence-electron chi connectivity index (χ1n) is 5.53. The maximum absolute atomic E-state index is 13.6. The van der Waals surface area contributed by atoms with Crippen LogP contribution in [0.2, 0.25) is 13.1 Å². The summed E-state index contributed by atoms with van der Waals surface area (Å²) in [5.41, 5.74) is 0.534. The minimum absolute atomic E-state index is 0.0291. The zero-order valence-electron chi connectivity index (χ0n) is 9.49. The van der Waals surface area contributed by atoms with Gasteiger partial charge in [-0.15, -0.1) is 0 Å². The highest BCUT2D eigenvalue weighted by Crippen LogP contribution is 2.41. The molecule has 0 N–H and O–H groups in total. The summed E-state index contributed by atoms with van der Waals surface area (Å²) >= 11 is 0. The molecule has 0 aromatic heterocycles. The van der Waals surface area contributed by atoms with E-state index in [0.29, 0.717) is 11.9 Å². The molecule has 0 saturated carbocycles. The van der Waals surface area contributed by atoms with Crippen molar-refractivity contribution in [3.05, 3.63) is 35.4 Å². The Morgan fingerprint density at radius 3 is 2.94 bits per heavy atom. The fourth-order valence-corrected chi connectivity index (χ4v) is 2.05. The van der Waals surface area contributed by atoms with Crippen LogP contribution in [0, 0.1) is 11.2 Å². The van der Waals surface area contributed by atoms with Crippen LogP contribution in [0.15, 0.2) is 24.3 Å². The van der Waals surface area contributed by atoms with E-state index in [0.717, 1.165) is 0 Å². The van der Waals surface area contributed by atoms with Gasteiger partial charge in [0.1, 0.15) is 6.61 Å². The molecule has 88 valence electrons. The van der Waals surface area contributed by atoms with Crippen molar-refractivity contribution in [2.75, 3.05) is 6.61 Å². The van der Waals surface area contributed by atoms with E-state index in [1.165, 1.54) is 6.07 Å². The van der Waals surface area contributed by atoms with E-state index < -0.39 is 18.6 Å². The largest absolute Gasteiger partial charge is 0.368 e. The van der Waals surface area contributed by atoms with Gasteiger partial charge in [0.2, 0.25) is 0 Å². The van der Waals surface area contributed by atoms with Gasteiger partial charge in [-0.2, -0.15) is 8.78 Å². The summed E-state index contributed by atoms with van der Waals surface area (Å²) in [6, 6.07) is 6.40. The van der Waals surface area contributed by atoms with Gasteiger partial charge in [-0.25, -0.2) is 5.26 Å². The van der Waals surface area contributed by atoms with Crippen LogP contribution in [0.4, 0.5) is 8.78 Å². The van der Waals surface area contributed by atoms with Gasteiger partial charge in [-0.1, -0.05) is 31.1 Å². The van der Waals surface area contributed by atoms with Crippen molar-refractivity contribution in [1.29, 1.82) is 5.26 Å². The molecule has 1 aliphatic heterocycles. The van der Waals surface area contributed by atoms with Crippen LogP contribution in [0.1, 0.15) is 17.2 Å². The van der Waals surface area contributed by atoms with Crippen LogP contribution >= 0.6 is 0 Å². The number of halogens is 2. The van der Waals surface area contributed by atoms with Gasteiger partial charge in [0.25, 0.3) is 12.6 Å². The minimum atomic E-state index is -2.93. The van der Waals surface area contributed by atoms with E-state index in [-0.39, 0.29) is 12.3 Å². The van der Waals surface area contributed by atoms with Crippen LogP contribution < -0.4 is 0 Å². The van der Waals surface area contributed by atoms with Crippen molar-refractivity contribution in [1.82, 2.24) is 0 Å². The normalized spacial score (nSPS) is 21.4. The fraction of sp³-hybridized carbons (Fsp3) is 0.417. The Morgan fingerprint density at radius 2 is 2.24 bits per heavy atom. The third-order valence-corrected chi connectivity index (χ3v) is 2.96. The predicted octanol–water partition coefficient (Wildman–Crippen LogP) is 3.04. The summed E-state index contributed by atoms with van der Waals surface area (Å²) in [7, 11) is 0. The third-order valence-electron chi connectivity index (χ3n) is 2.96. The first-order chi connectivity index (χ1) is 8.04. The van der Waals surface area contributed by atoms with Crippen molar-refractivity contribution in [3.63, 3.8) is 0 Å². The number of alkyl halides is 2. The minimum Gasteiger partial charge on any atom is -0.368 e. The summed E-state index contributed by atoms with van der Waals surface area (Å²) < 4.78 is 32.4. The first-order valence-corrected chi connectivity index (χ1v) is 5.53. The topological polar surface area (TPSA) is 33.0 Å². The Morgan fingerprint density at radius 1 is 1.53 bits per heavy atom. The Kier molecular flexibility index (Phi) is 3.16. The zero-order valence-corrected chi connectivity index (χ0v) is 9.49. The fourth-order valence-electron chi connectivity index (χ4n) is 2.05. The van der Waals surface area contributed by atoms with Gasteiger partial charge in [0.05, 0.1) is 6.10 Å². The van der Waals surface area contributed by atoms with Gasteiger partial charge in [0, 0.05) is 11.5 Å². The molecule has 0 saturated heterocycles. The van der Waals surface area contributed by atoms with Crippen molar-refractivity contribution < 1.29 is 13.5 Å². The molecule has 1 atom stereocenters. The first kappa shape index (κ1) is 12.1. The zero-order chi connectivity index (χ0) is 12.5. The molecule has 0 spiro atoms. The molecule has 2 rings (SSSR count).